The highest BCUT2D eigenvalue weighted by molar-refractivity contribution is 4.82. The molecule has 2 nitrogen and oxygen atoms in total. The molecule has 0 spiro atoms. The van der Waals surface area contributed by atoms with Gasteiger partial charge in [0.1, 0.15) is 0 Å². The maximum Gasteiger partial charge on any atom is 0.0605 e. The third-order valence-electron chi connectivity index (χ3n) is 5.06. The predicted octanol–water partition coefficient (Wildman–Crippen LogP) is 5.12. The molecule has 21 heavy (non-hydrogen) atoms. The molecule has 1 saturated carbocycles. The molecule has 0 N–H and O–H groups in total. The van der Waals surface area contributed by atoms with Gasteiger partial charge < -0.3 is 9.64 Å². The molecule has 0 aromatic heterocycles. The van der Waals surface area contributed by atoms with E-state index in [-0.39, 0.29) is 0 Å². The van der Waals surface area contributed by atoms with Gasteiger partial charge in [0.05, 0.1) is 12.2 Å². The maximum atomic E-state index is 5.99. The molecular formula is C19H39NO. The van der Waals surface area contributed by atoms with Gasteiger partial charge in [-0.2, -0.15) is 0 Å². The van der Waals surface area contributed by atoms with Crippen LogP contribution in [0.1, 0.15) is 80.1 Å². The summed E-state index contributed by atoms with van der Waals surface area (Å²) in [5.41, 5.74) is 0. The van der Waals surface area contributed by atoms with Crippen LogP contribution in [0.2, 0.25) is 0 Å². The first-order valence-corrected chi connectivity index (χ1v) is 9.44. The smallest absolute Gasteiger partial charge is 0.0605 e. The fourth-order valence-corrected chi connectivity index (χ4v) is 3.80. The largest absolute Gasteiger partial charge is 0.375 e. The second-order valence-electron chi connectivity index (χ2n) is 7.30. The van der Waals surface area contributed by atoms with E-state index in [4.69, 9.17) is 4.74 Å². The number of hydrogen-bond donors (Lipinski definition) is 0. The van der Waals surface area contributed by atoms with Gasteiger partial charge in [0.2, 0.25) is 0 Å². The number of ether oxygens (including phenoxy) is 1. The fraction of sp³-hybridized carbons (Fsp3) is 1.00. The Morgan fingerprint density at radius 1 is 1.00 bits per heavy atom. The zero-order chi connectivity index (χ0) is 15.8. The fourth-order valence-electron chi connectivity index (χ4n) is 3.80. The highest BCUT2D eigenvalue weighted by Gasteiger charge is 2.29. The molecule has 0 amide bonds. The lowest BCUT2D eigenvalue weighted by Gasteiger charge is -2.41. The first-order valence-electron chi connectivity index (χ1n) is 9.44. The van der Waals surface area contributed by atoms with Crippen LogP contribution in [0.15, 0.2) is 0 Å². The first-order chi connectivity index (χ1) is 10.0. The first kappa shape index (κ1) is 19.0. The zero-order valence-electron chi connectivity index (χ0n) is 15.4. The molecular weight excluding hydrogens is 258 g/mol. The molecule has 0 bridgehead atoms. The molecule has 1 aliphatic carbocycles. The van der Waals surface area contributed by atoms with Crippen molar-refractivity contribution in [3.63, 3.8) is 0 Å². The number of nitrogens with zero attached hydrogens (tertiary/aromatic N) is 1. The standard InChI is InChI=1S/C17H33NO.C2H6/c1-13(2)19-17-9-10-18(15(4)11-17)12-16-7-5-14(3)6-8-16;1-2/h13-17H,5-12H2,1-4H3;1-2H3. The number of hydrogen-bond acceptors (Lipinski definition) is 2. The molecule has 0 aromatic rings. The van der Waals surface area contributed by atoms with Gasteiger partial charge in [0, 0.05) is 19.1 Å². The molecule has 2 atom stereocenters. The van der Waals surface area contributed by atoms with E-state index in [9.17, 15) is 0 Å². The van der Waals surface area contributed by atoms with Crippen LogP contribution < -0.4 is 0 Å². The third kappa shape index (κ3) is 6.69. The quantitative estimate of drug-likeness (QED) is 0.714. The van der Waals surface area contributed by atoms with Crippen LogP contribution in [0.5, 0.6) is 0 Å². The van der Waals surface area contributed by atoms with Crippen LogP contribution in [0.25, 0.3) is 0 Å². The molecule has 2 heteroatoms. The Labute approximate surface area is 133 Å². The van der Waals surface area contributed by atoms with Crippen LogP contribution in [0.3, 0.4) is 0 Å². The van der Waals surface area contributed by atoms with Gasteiger partial charge in [-0.05, 0) is 58.3 Å². The van der Waals surface area contributed by atoms with E-state index in [2.05, 4.69) is 32.6 Å². The van der Waals surface area contributed by atoms with Crippen LogP contribution in [-0.4, -0.2) is 36.2 Å². The van der Waals surface area contributed by atoms with Crippen molar-refractivity contribution in [3.8, 4) is 0 Å². The maximum absolute atomic E-state index is 5.99. The Morgan fingerprint density at radius 2 is 1.62 bits per heavy atom. The highest BCUT2D eigenvalue weighted by atomic mass is 16.5. The Morgan fingerprint density at radius 3 is 2.14 bits per heavy atom. The summed E-state index contributed by atoms with van der Waals surface area (Å²) in [4.78, 5) is 2.72. The normalized spacial score (nSPS) is 34.4. The lowest BCUT2D eigenvalue weighted by atomic mass is 9.82. The van der Waals surface area contributed by atoms with Crippen molar-refractivity contribution < 1.29 is 4.74 Å². The van der Waals surface area contributed by atoms with Gasteiger partial charge in [-0.15, -0.1) is 0 Å². The van der Waals surface area contributed by atoms with Crippen molar-refractivity contribution in [2.24, 2.45) is 11.8 Å². The average molecular weight is 298 g/mol. The van der Waals surface area contributed by atoms with Crippen molar-refractivity contribution in [1.29, 1.82) is 0 Å². The van der Waals surface area contributed by atoms with E-state index in [0.29, 0.717) is 18.2 Å². The second-order valence-corrected chi connectivity index (χ2v) is 7.30. The summed E-state index contributed by atoms with van der Waals surface area (Å²) in [7, 11) is 0. The lowest BCUT2D eigenvalue weighted by Crippen LogP contribution is -2.46. The summed E-state index contributed by atoms with van der Waals surface area (Å²) in [6, 6.07) is 0.705. The van der Waals surface area contributed by atoms with Crippen molar-refractivity contribution >= 4 is 0 Å². The van der Waals surface area contributed by atoms with Gasteiger partial charge in [-0.1, -0.05) is 33.6 Å². The van der Waals surface area contributed by atoms with Gasteiger partial charge in [-0.3, -0.25) is 0 Å². The van der Waals surface area contributed by atoms with Gasteiger partial charge in [0.25, 0.3) is 0 Å². The molecule has 2 rings (SSSR count). The topological polar surface area (TPSA) is 12.5 Å². The molecule has 1 saturated heterocycles. The summed E-state index contributed by atoms with van der Waals surface area (Å²) in [6.07, 6.45) is 9.14. The van der Waals surface area contributed by atoms with Crippen molar-refractivity contribution in [2.75, 3.05) is 13.1 Å². The van der Waals surface area contributed by atoms with Crippen molar-refractivity contribution in [1.82, 2.24) is 4.90 Å². The van der Waals surface area contributed by atoms with E-state index in [1.807, 2.05) is 13.8 Å². The van der Waals surface area contributed by atoms with Gasteiger partial charge in [0.15, 0.2) is 0 Å². The molecule has 126 valence electrons. The Balaban J connectivity index is 0.00000106. The van der Waals surface area contributed by atoms with Crippen molar-refractivity contribution in [3.05, 3.63) is 0 Å². The third-order valence-corrected chi connectivity index (χ3v) is 5.06. The van der Waals surface area contributed by atoms with Gasteiger partial charge >= 0.3 is 0 Å². The summed E-state index contributed by atoms with van der Waals surface area (Å²) in [6.45, 7) is 15.7. The second kappa shape index (κ2) is 9.84. The number of piperidine rings is 1. The zero-order valence-corrected chi connectivity index (χ0v) is 15.4. The van der Waals surface area contributed by atoms with E-state index >= 15 is 0 Å². The minimum atomic E-state index is 0.378. The summed E-state index contributed by atoms with van der Waals surface area (Å²) < 4.78 is 5.99. The van der Waals surface area contributed by atoms with Crippen LogP contribution >= 0.6 is 0 Å². The number of likely N-dealkylation sites (tertiary alicyclic amines) is 1. The molecule has 0 aromatic carbocycles. The summed E-state index contributed by atoms with van der Waals surface area (Å²) >= 11 is 0. The molecule has 2 fully saturated rings. The molecule has 1 heterocycles. The monoisotopic (exact) mass is 297 g/mol. The number of rotatable bonds is 4. The molecule has 2 aliphatic rings. The van der Waals surface area contributed by atoms with E-state index in [1.165, 1.54) is 51.6 Å². The van der Waals surface area contributed by atoms with Crippen LogP contribution in [-0.2, 0) is 4.74 Å². The average Bonchev–Trinajstić information content (AvgIpc) is 2.46. The Bertz CT molecular complexity index is 258. The minimum absolute atomic E-state index is 0.378. The molecule has 1 aliphatic heterocycles. The molecule has 2 unspecified atom stereocenters. The SMILES string of the molecule is CC.CC1CCC(CN2CCC(OC(C)C)CC2C)CC1. The van der Waals surface area contributed by atoms with Crippen LogP contribution in [0.4, 0.5) is 0 Å². The Hall–Kier alpha value is -0.0800. The summed E-state index contributed by atoms with van der Waals surface area (Å²) in [5.74, 6) is 1.93. The summed E-state index contributed by atoms with van der Waals surface area (Å²) in [5, 5.41) is 0. The minimum Gasteiger partial charge on any atom is -0.375 e. The van der Waals surface area contributed by atoms with Crippen LogP contribution in [0, 0.1) is 11.8 Å². The van der Waals surface area contributed by atoms with Gasteiger partial charge in [-0.25, -0.2) is 0 Å². The van der Waals surface area contributed by atoms with Crippen molar-refractivity contribution in [2.45, 2.75) is 98.3 Å². The lowest BCUT2D eigenvalue weighted by molar-refractivity contribution is -0.0450. The highest BCUT2D eigenvalue weighted by Crippen LogP contribution is 2.30. The van der Waals surface area contributed by atoms with E-state index in [1.54, 1.807) is 0 Å². The molecule has 0 radical (unpaired) electrons. The van der Waals surface area contributed by atoms with E-state index in [0.717, 1.165) is 11.8 Å². The Kier molecular flexibility index (Phi) is 8.89. The van der Waals surface area contributed by atoms with E-state index < -0.39 is 0 Å². The predicted molar refractivity (Wildman–Crippen MR) is 92.7 cm³/mol.